The molecule has 1 heterocycles. The number of amides is 1. The lowest BCUT2D eigenvalue weighted by Crippen LogP contribution is -2.44. The van der Waals surface area contributed by atoms with E-state index in [2.05, 4.69) is 55.3 Å². The van der Waals surface area contributed by atoms with Gasteiger partial charge in [-0.15, -0.1) is 0 Å². The van der Waals surface area contributed by atoms with E-state index >= 15 is 0 Å². The summed E-state index contributed by atoms with van der Waals surface area (Å²) in [5, 5.41) is 3.95. The van der Waals surface area contributed by atoms with E-state index in [9.17, 15) is 4.79 Å². The van der Waals surface area contributed by atoms with Crippen LogP contribution < -0.4 is 15.1 Å². The van der Waals surface area contributed by atoms with Gasteiger partial charge in [0.15, 0.2) is 0 Å². The molecule has 1 N–H and O–H groups in total. The number of nitrogens with zero attached hydrogens (tertiary/aromatic N) is 2. The number of benzene rings is 1. The fraction of sp³-hybridized carbons (Fsp3) is 0.444. The predicted molar refractivity (Wildman–Crippen MR) is 95.2 cm³/mol. The number of hydrazone groups is 1. The fourth-order valence-corrected chi connectivity index (χ4v) is 3.17. The summed E-state index contributed by atoms with van der Waals surface area (Å²) in [5.41, 5.74) is 6.77. The van der Waals surface area contributed by atoms with Crippen molar-refractivity contribution in [3.8, 4) is 5.75 Å². The zero-order valence-corrected chi connectivity index (χ0v) is 14.7. The minimum atomic E-state index is -0.201. The Kier molecular flexibility index (Phi) is 4.78. The van der Waals surface area contributed by atoms with Crippen LogP contribution in [0.15, 0.2) is 23.3 Å². The van der Waals surface area contributed by atoms with Gasteiger partial charge in [0.1, 0.15) is 5.75 Å². The number of allylic oxidation sites excluding steroid dienone is 1. The van der Waals surface area contributed by atoms with Crippen molar-refractivity contribution in [1.29, 1.82) is 0 Å². The van der Waals surface area contributed by atoms with Crippen molar-refractivity contribution in [2.45, 2.75) is 40.2 Å². The van der Waals surface area contributed by atoms with Crippen molar-refractivity contribution in [2.75, 3.05) is 18.6 Å². The molecule has 0 bridgehead atoms. The van der Waals surface area contributed by atoms with E-state index in [1.54, 1.807) is 13.3 Å². The Morgan fingerprint density at radius 3 is 2.70 bits per heavy atom. The normalized spacial score (nSPS) is 16.1. The van der Waals surface area contributed by atoms with Crippen LogP contribution in [0.5, 0.6) is 5.75 Å². The third-order valence-corrected chi connectivity index (χ3v) is 4.07. The monoisotopic (exact) mass is 315 g/mol. The number of fused-ring (bicyclic) bond motifs is 1. The summed E-state index contributed by atoms with van der Waals surface area (Å²) in [4.78, 5) is 13.3. The summed E-state index contributed by atoms with van der Waals surface area (Å²) in [6.07, 6.45) is 3.89. The van der Waals surface area contributed by atoms with Gasteiger partial charge in [-0.3, -0.25) is 4.79 Å². The topological polar surface area (TPSA) is 53.9 Å². The van der Waals surface area contributed by atoms with Crippen molar-refractivity contribution in [3.63, 3.8) is 0 Å². The molecule has 0 atom stereocenters. The van der Waals surface area contributed by atoms with Gasteiger partial charge in [0, 0.05) is 36.3 Å². The smallest absolute Gasteiger partial charge is 0.236 e. The highest BCUT2D eigenvalue weighted by Gasteiger charge is 2.31. The molecule has 0 radical (unpaired) electrons. The first-order valence-electron chi connectivity index (χ1n) is 7.79. The molecule has 1 aliphatic rings. The lowest BCUT2D eigenvalue weighted by molar-refractivity contribution is -0.118. The average Bonchev–Trinajstić information content (AvgIpc) is 2.46. The fourth-order valence-electron chi connectivity index (χ4n) is 3.17. The first-order valence-corrected chi connectivity index (χ1v) is 7.79. The second kappa shape index (κ2) is 6.44. The first-order chi connectivity index (χ1) is 10.8. The molecule has 1 aliphatic heterocycles. The summed E-state index contributed by atoms with van der Waals surface area (Å²) in [6.45, 7) is 11.0. The Hall–Kier alpha value is -2.30. The minimum Gasteiger partial charge on any atom is -0.496 e. The van der Waals surface area contributed by atoms with Crippen molar-refractivity contribution >= 4 is 23.4 Å². The SMILES string of the molecule is CCN1c2cc(OC)c(/C=N\NC(C)=O)cc2C(C)=CC1(C)C. The molecule has 124 valence electrons. The number of ether oxygens (including phenoxy) is 1. The second-order valence-corrected chi connectivity index (χ2v) is 6.26. The summed E-state index contributed by atoms with van der Waals surface area (Å²) < 4.78 is 5.52. The van der Waals surface area contributed by atoms with Gasteiger partial charge < -0.3 is 9.64 Å². The molecule has 2 rings (SSSR count). The Morgan fingerprint density at radius 1 is 1.43 bits per heavy atom. The molecule has 1 aromatic rings. The molecule has 0 fully saturated rings. The van der Waals surface area contributed by atoms with Crippen molar-refractivity contribution in [2.24, 2.45) is 5.10 Å². The van der Waals surface area contributed by atoms with Gasteiger partial charge >= 0.3 is 0 Å². The molecule has 1 amide bonds. The zero-order valence-electron chi connectivity index (χ0n) is 14.7. The van der Waals surface area contributed by atoms with Gasteiger partial charge in [-0.1, -0.05) is 6.08 Å². The number of hydrogen-bond donors (Lipinski definition) is 1. The molecule has 0 spiro atoms. The number of anilines is 1. The zero-order chi connectivity index (χ0) is 17.2. The van der Waals surface area contributed by atoms with Crippen LogP contribution in [0.4, 0.5) is 5.69 Å². The maximum absolute atomic E-state index is 11.0. The van der Waals surface area contributed by atoms with Gasteiger partial charge in [-0.2, -0.15) is 5.10 Å². The van der Waals surface area contributed by atoms with Crippen LogP contribution in [-0.4, -0.2) is 31.3 Å². The lowest BCUT2D eigenvalue weighted by atomic mass is 9.88. The van der Waals surface area contributed by atoms with E-state index in [1.807, 2.05) is 6.07 Å². The van der Waals surface area contributed by atoms with Crippen LogP contribution in [0, 0.1) is 0 Å². The lowest BCUT2D eigenvalue weighted by Gasteiger charge is -2.43. The minimum absolute atomic E-state index is 0.0391. The van der Waals surface area contributed by atoms with Crippen LogP contribution in [0.3, 0.4) is 0 Å². The number of nitrogens with one attached hydrogen (secondary N) is 1. The first kappa shape index (κ1) is 17.1. The maximum atomic E-state index is 11.0. The average molecular weight is 315 g/mol. The summed E-state index contributed by atoms with van der Waals surface area (Å²) in [7, 11) is 1.64. The largest absolute Gasteiger partial charge is 0.496 e. The second-order valence-electron chi connectivity index (χ2n) is 6.26. The van der Waals surface area contributed by atoms with Crippen LogP contribution in [0.2, 0.25) is 0 Å². The third-order valence-electron chi connectivity index (χ3n) is 4.07. The predicted octanol–water partition coefficient (Wildman–Crippen LogP) is 3.19. The quantitative estimate of drug-likeness (QED) is 0.686. The molecule has 1 aromatic carbocycles. The van der Waals surface area contributed by atoms with Crippen molar-refractivity contribution < 1.29 is 9.53 Å². The third kappa shape index (κ3) is 3.38. The number of carbonyl (C=O) groups is 1. The molecular weight excluding hydrogens is 290 g/mol. The van der Waals surface area contributed by atoms with Crippen LogP contribution in [0.25, 0.3) is 5.57 Å². The molecule has 5 nitrogen and oxygen atoms in total. The Bertz CT molecular complexity index is 675. The summed E-state index contributed by atoms with van der Waals surface area (Å²) in [6, 6.07) is 4.11. The van der Waals surface area contributed by atoms with Gasteiger partial charge in [-0.25, -0.2) is 5.43 Å². The summed E-state index contributed by atoms with van der Waals surface area (Å²) >= 11 is 0. The van der Waals surface area contributed by atoms with Crippen LogP contribution in [-0.2, 0) is 4.79 Å². The number of methoxy groups -OCH3 is 1. The van der Waals surface area contributed by atoms with Crippen LogP contribution in [0.1, 0.15) is 45.7 Å². The van der Waals surface area contributed by atoms with E-state index in [0.29, 0.717) is 0 Å². The van der Waals surface area contributed by atoms with E-state index < -0.39 is 0 Å². The Balaban J connectivity index is 2.54. The standard InChI is InChI=1S/C18H25N3O2/c1-7-21-16-9-17(23-6)14(11-19-20-13(3)22)8-15(16)12(2)10-18(21,4)5/h8-11H,7H2,1-6H3,(H,20,22)/b19-11-. The van der Waals surface area contributed by atoms with E-state index in [0.717, 1.165) is 29.1 Å². The van der Waals surface area contributed by atoms with Crippen LogP contribution >= 0.6 is 0 Å². The van der Waals surface area contributed by atoms with Gasteiger partial charge in [0.25, 0.3) is 0 Å². The molecule has 5 heteroatoms. The Morgan fingerprint density at radius 2 is 2.13 bits per heavy atom. The molecular formula is C18H25N3O2. The Labute approximate surface area is 138 Å². The van der Waals surface area contributed by atoms with E-state index in [4.69, 9.17) is 4.74 Å². The van der Waals surface area contributed by atoms with Gasteiger partial charge in [0.05, 0.1) is 18.9 Å². The number of likely N-dealkylation sites (N-methyl/N-ethyl adjacent to an activating group) is 1. The van der Waals surface area contributed by atoms with Gasteiger partial charge in [0.2, 0.25) is 5.91 Å². The molecule has 0 saturated carbocycles. The highest BCUT2D eigenvalue weighted by Crippen LogP contribution is 2.41. The highest BCUT2D eigenvalue weighted by atomic mass is 16.5. The van der Waals surface area contributed by atoms with Crippen molar-refractivity contribution in [1.82, 2.24) is 5.43 Å². The molecule has 23 heavy (non-hydrogen) atoms. The molecule has 0 unspecified atom stereocenters. The number of rotatable bonds is 4. The van der Waals surface area contributed by atoms with E-state index in [1.165, 1.54) is 12.5 Å². The highest BCUT2D eigenvalue weighted by molar-refractivity contribution is 5.91. The number of carbonyl (C=O) groups excluding carboxylic acids is 1. The number of hydrogen-bond acceptors (Lipinski definition) is 4. The molecule has 0 aromatic heterocycles. The van der Waals surface area contributed by atoms with Gasteiger partial charge in [-0.05, 0) is 39.3 Å². The summed E-state index contributed by atoms with van der Waals surface area (Å²) in [5.74, 6) is 0.537. The molecule has 0 saturated heterocycles. The maximum Gasteiger partial charge on any atom is 0.236 e. The molecule has 0 aliphatic carbocycles. The van der Waals surface area contributed by atoms with E-state index in [-0.39, 0.29) is 11.4 Å². The van der Waals surface area contributed by atoms with Crippen molar-refractivity contribution in [3.05, 3.63) is 29.3 Å².